The van der Waals surface area contributed by atoms with Crippen LogP contribution in [0.15, 0.2) is 48.5 Å². The molecular weight excluding hydrogens is 420 g/mol. The van der Waals surface area contributed by atoms with Crippen LogP contribution in [0, 0.1) is 0 Å². The van der Waals surface area contributed by atoms with Gasteiger partial charge in [0.25, 0.3) is 0 Å². The zero-order valence-corrected chi connectivity index (χ0v) is 20.0. The second-order valence-electron chi connectivity index (χ2n) is 8.00. The fraction of sp³-hybridized carbons (Fsp3) is 0.538. The van der Waals surface area contributed by atoms with Crippen molar-refractivity contribution in [2.75, 3.05) is 59.7 Å². The highest BCUT2D eigenvalue weighted by Crippen LogP contribution is 2.18. The molecule has 0 radical (unpaired) electrons. The van der Waals surface area contributed by atoms with E-state index in [-0.39, 0.29) is 5.75 Å². The van der Waals surface area contributed by atoms with E-state index in [1.807, 2.05) is 24.3 Å². The van der Waals surface area contributed by atoms with Crippen molar-refractivity contribution >= 4 is 0 Å². The van der Waals surface area contributed by atoms with Crippen LogP contribution in [0.1, 0.15) is 37.9 Å². The van der Waals surface area contributed by atoms with Crippen molar-refractivity contribution in [3.63, 3.8) is 0 Å². The highest BCUT2D eigenvalue weighted by atomic mass is 16.5. The fourth-order valence-corrected chi connectivity index (χ4v) is 3.31. The molecule has 0 aromatic heterocycles. The van der Waals surface area contributed by atoms with E-state index < -0.39 is 6.10 Å². The summed E-state index contributed by atoms with van der Waals surface area (Å²) >= 11 is 0. The Hall–Kier alpha value is -2.32. The normalized spacial score (nSPS) is 14.8. The molecule has 1 heterocycles. The van der Waals surface area contributed by atoms with Crippen molar-refractivity contribution in [2.45, 2.75) is 32.3 Å². The Morgan fingerprint density at radius 3 is 2.21 bits per heavy atom. The number of likely N-dealkylation sites (N-methyl/N-ethyl adjacent to an activating group) is 1. The SMILES string of the molecule is CCCCOc1ccc(OCCCN2CCOCC2)cc1.CNC[C@H](O)c1cccc(O)c1. The van der Waals surface area contributed by atoms with Crippen molar-refractivity contribution in [1.29, 1.82) is 0 Å². The van der Waals surface area contributed by atoms with E-state index in [0.29, 0.717) is 6.54 Å². The Bertz CT molecular complexity index is 751. The standard InChI is InChI=1S/C17H27NO3.C9H13NO2/c1-2-3-12-20-16-5-7-17(8-6-16)21-13-4-9-18-10-14-19-15-11-18;1-10-6-9(12)7-3-2-4-8(11)5-7/h5-8H,2-4,9-15H2,1H3;2-5,9-12H,6H2,1H3/t;9-/m.0/s1. The minimum atomic E-state index is -0.554. The van der Waals surface area contributed by atoms with Crippen LogP contribution < -0.4 is 14.8 Å². The van der Waals surface area contributed by atoms with E-state index >= 15 is 0 Å². The van der Waals surface area contributed by atoms with Crippen LogP contribution in [-0.2, 0) is 4.74 Å². The van der Waals surface area contributed by atoms with Crippen LogP contribution in [-0.4, -0.2) is 74.8 Å². The molecule has 1 aliphatic heterocycles. The number of nitrogens with zero attached hydrogens (tertiary/aromatic N) is 1. The number of unbranched alkanes of at least 4 members (excludes halogenated alkanes) is 1. The number of hydrogen-bond donors (Lipinski definition) is 3. The third-order valence-corrected chi connectivity index (χ3v) is 5.23. The summed E-state index contributed by atoms with van der Waals surface area (Å²) in [5.74, 6) is 2.02. The quantitative estimate of drug-likeness (QED) is 0.417. The largest absolute Gasteiger partial charge is 0.508 e. The molecule has 0 aliphatic carbocycles. The van der Waals surface area contributed by atoms with Crippen molar-refractivity contribution in [1.82, 2.24) is 10.2 Å². The zero-order valence-electron chi connectivity index (χ0n) is 20.0. The molecule has 33 heavy (non-hydrogen) atoms. The van der Waals surface area contributed by atoms with Gasteiger partial charge in [-0.05, 0) is 61.9 Å². The molecule has 1 saturated heterocycles. The van der Waals surface area contributed by atoms with Gasteiger partial charge >= 0.3 is 0 Å². The molecule has 3 N–H and O–H groups in total. The first-order valence-corrected chi connectivity index (χ1v) is 11.9. The third-order valence-electron chi connectivity index (χ3n) is 5.23. The van der Waals surface area contributed by atoms with Crippen molar-refractivity contribution in [3.05, 3.63) is 54.1 Å². The maximum atomic E-state index is 9.47. The van der Waals surface area contributed by atoms with Gasteiger partial charge in [-0.3, -0.25) is 4.90 Å². The summed E-state index contributed by atoms with van der Waals surface area (Å²) in [5, 5.41) is 21.4. The molecule has 0 bridgehead atoms. The van der Waals surface area contributed by atoms with Crippen LogP contribution in [0.2, 0.25) is 0 Å². The minimum Gasteiger partial charge on any atom is -0.508 e. The smallest absolute Gasteiger partial charge is 0.119 e. The van der Waals surface area contributed by atoms with Crippen LogP contribution in [0.25, 0.3) is 0 Å². The summed E-state index contributed by atoms with van der Waals surface area (Å²) < 4.78 is 16.7. The number of hydrogen-bond acceptors (Lipinski definition) is 7. The van der Waals surface area contributed by atoms with Crippen LogP contribution in [0.3, 0.4) is 0 Å². The first kappa shape index (κ1) is 26.9. The summed E-state index contributed by atoms with van der Waals surface area (Å²) in [5.41, 5.74) is 0.726. The number of nitrogens with one attached hydrogen (secondary N) is 1. The van der Waals surface area contributed by atoms with Gasteiger partial charge in [-0.2, -0.15) is 0 Å². The Labute approximate surface area is 198 Å². The molecule has 7 nitrogen and oxygen atoms in total. The van der Waals surface area contributed by atoms with Crippen LogP contribution in [0.5, 0.6) is 17.2 Å². The number of phenolic OH excluding ortho intramolecular Hbond substituents is 1. The highest BCUT2D eigenvalue weighted by molar-refractivity contribution is 5.31. The lowest BCUT2D eigenvalue weighted by Crippen LogP contribution is -2.37. The lowest BCUT2D eigenvalue weighted by Gasteiger charge is -2.26. The summed E-state index contributed by atoms with van der Waals surface area (Å²) in [6.45, 7) is 9.10. The topological polar surface area (TPSA) is 83.4 Å². The number of aliphatic hydroxyl groups excluding tert-OH is 1. The van der Waals surface area contributed by atoms with Gasteiger partial charge in [0.1, 0.15) is 17.2 Å². The third kappa shape index (κ3) is 11.4. The van der Waals surface area contributed by atoms with Gasteiger partial charge in [-0.25, -0.2) is 0 Å². The van der Waals surface area contributed by atoms with Gasteiger partial charge < -0.3 is 29.7 Å². The summed E-state index contributed by atoms with van der Waals surface area (Å²) in [7, 11) is 1.77. The van der Waals surface area contributed by atoms with E-state index in [4.69, 9.17) is 19.3 Å². The Balaban J connectivity index is 0.000000273. The second-order valence-corrected chi connectivity index (χ2v) is 8.00. The Morgan fingerprint density at radius 1 is 1.00 bits per heavy atom. The highest BCUT2D eigenvalue weighted by Gasteiger charge is 2.09. The predicted octanol–water partition coefficient (Wildman–Crippen LogP) is 3.61. The molecule has 1 atom stereocenters. The Morgan fingerprint density at radius 2 is 1.64 bits per heavy atom. The molecule has 184 valence electrons. The van der Waals surface area contributed by atoms with E-state index in [9.17, 15) is 5.11 Å². The maximum absolute atomic E-state index is 9.47. The number of benzene rings is 2. The number of aromatic hydroxyl groups is 1. The molecule has 0 spiro atoms. The van der Waals surface area contributed by atoms with Gasteiger partial charge in [-0.15, -0.1) is 0 Å². The molecule has 0 amide bonds. The maximum Gasteiger partial charge on any atom is 0.119 e. The van der Waals surface area contributed by atoms with E-state index in [2.05, 4.69) is 17.1 Å². The molecule has 2 aromatic rings. The van der Waals surface area contributed by atoms with Gasteiger partial charge in [0, 0.05) is 26.2 Å². The zero-order chi connectivity index (χ0) is 23.7. The van der Waals surface area contributed by atoms with Gasteiger partial charge in [-0.1, -0.05) is 25.5 Å². The first-order chi connectivity index (χ1) is 16.1. The number of aliphatic hydroxyl groups is 1. The van der Waals surface area contributed by atoms with Crippen LogP contribution in [0.4, 0.5) is 0 Å². The van der Waals surface area contributed by atoms with E-state index in [1.54, 1.807) is 31.3 Å². The van der Waals surface area contributed by atoms with Gasteiger partial charge in [0.15, 0.2) is 0 Å². The summed E-state index contributed by atoms with van der Waals surface area (Å²) in [6.07, 6.45) is 2.75. The molecule has 2 aromatic carbocycles. The second kappa shape index (κ2) is 16.3. The number of morpholine rings is 1. The number of ether oxygens (including phenoxy) is 3. The van der Waals surface area contributed by atoms with Crippen molar-refractivity contribution < 1.29 is 24.4 Å². The lowest BCUT2D eigenvalue weighted by molar-refractivity contribution is 0.0358. The average molecular weight is 461 g/mol. The predicted molar refractivity (Wildman–Crippen MR) is 131 cm³/mol. The monoisotopic (exact) mass is 460 g/mol. The summed E-state index contributed by atoms with van der Waals surface area (Å²) in [6, 6.07) is 14.6. The molecule has 7 heteroatoms. The van der Waals surface area contributed by atoms with Crippen molar-refractivity contribution in [2.24, 2.45) is 0 Å². The van der Waals surface area contributed by atoms with Crippen molar-refractivity contribution in [3.8, 4) is 17.2 Å². The van der Waals surface area contributed by atoms with E-state index in [0.717, 1.165) is 82.4 Å². The fourth-order valence-electron chi connectivity index (χ4n) is 3.31. The molecule has 1 fully saturated rings. The number of phenols is 1. The lowest BCUT2D eigenvalue weighted by atomic mass is 10.1. The van der Waals surface area contributed by atoms with Crippen LogP contribution >= 0.6 is 0 Å². The molecule has 1 aliphatic rings. The van der Waals surface area contributed by atoms with Gasteiger partial charge in [0.05, 0.1) is 32.5 Å². The first-order valence-electron chi connectivity index (χ1n) is 11.9. The molecule has 3 rings (SSSR count). The van der Waals surface area contributed by atoms with E-state index in [1.165, 1.54) is 0 Å². The molecular formula is C26H40N2O5. The Kier molecular flexibility index (Phi) is 13.3. The van der Waals surface area contributed by atoms with Gasteiger partial charge in [0.2, 0.25) is 0 Å². The molecule has 0 saturated carbocycles. The minimum absolute atomic E-state index is 0.183. The molecule has 0 unspecified atom stereocenters. The number of rotatable bonds is 12. The summed E-state index contributed by atoms with van der Waals surface area (Å²) in [4.78, 5) is 2.43. The average Bonchev–Trinajstić information content (AvgIpc) is 2.84.